The molecule has 0 aliphatic heterocycles. The van der Waals surface area contributed by atoms with Crippen LogP contribution in [0.4, 0.5) is 5.69 Å². The first-order chi connectivity index (χ1) is 7.95. The minimum absolute atomic E-state index is 0.138. The monoisotopic (exact) mass is 303 g/mol. The van der Waals surface area contributed by atoms with Crippen molar-refractivity contribution in [1.29, 1.82) is 0 Å². The van der Waals surface area contributed by atoms with E-state index in [1.165, 1.54) is 17.9 Å². The van der Waals surface area contributed by atoms with Gasteiger partial charge in [-0.15, -0.1) is 0 Å². The predicted octanol–water partition coefficient (Wildman–Crippen LogP) is 0.246. The molecule has 0 spiro atoms. The third-order valence-corrected chi connectivity index (χ3v) is 2.83. The molecule has 0 amide bonds. The van der Waals surface area contributed by atoms with Crippen molar-refractivity contribution in [2.75, 3.05) is 26.1 Å². The van der Waals surface area contributed by atoms with Gasteiger partial charge in [0, 0.05) is 20.2 Å². The van der Waals surface area contributed by atoms with Gasteiger partial charge in [0.1, 0.15) is 4.83 Å². The fourth-order valence-corrected chi connectivity index (χ4v) is 1.62. The molecule has 1 aromatic rings. The van der Waals surface area contributed by atoms with Crippen LogP contribution in [0.25, 0.3) is 0 Å². The second kappa shape index (κ2) is 5.81. The Kier molecular flexibility index (Phi) is 4.68. The van der Waals surface area contributed by atoms with Crippen molar-refractivity contribution < 1.29 is 9.53 Å². The highest BCUT2D eigenvalue weighted by Crippen LogP contribution is 2.06. The maximum absolute atomic E-state index is 11.7. The summed E-state index contributed by atoms with van der Waals surface area (Å²) >= 11 is 3.14. The topological polar surface area (TPSA) is 64.4 Å². The van der Waals surface area contributed by atoms with Gasteiger partial charge in [-0.25, -0.2) is 4.68 Å². The minimum atomic E-state index is -0.581. The first-order valence-corrected chi connectivity index (χ1v) is 5.83. The Morgan fingerprint density at radius 2 is 2.29 bits per heavy atom. The molecule has 1 heterocycles. The SMILES string of the molecule is COC(=O)C(Br)Cn1ncc(N(C)C)cc1=O. The van der Waals surface area contributed by atoms with E-state index >= 15 is 0 Å². The van der Waals surface area contributed by atoms with E-state index in [4.69, 9.17) is 0 Å². The second-order valence-electron chi connectivity index (χ2n) is 3.62. The summed E-state index contributed by atoms with van der Waals surface area (Å²) < 4.78 is 5.76. The number of methoxy groups -OCH3 is 1. The van der Waals surface area contributed by atoms with Gasteiger partial charge in [-0.3, -0.25) is 9.59 Å². The fraction of sp³-hybridized carbons (Fsp3) is 0.500. The van der Waals surface area contributed by atoms with Crippen molar-refractivity contribution in [3.8, 4) is 0 Å². The van der Waals surface area contributed by atoms with Crippen LogP contribution in [-0.4, -0.2) is 41.8 Å². The molecular formula is C10H14BrN3O3. The Morgan fingerprint density at radius 1 is 1.65 bits per heavy atom. The molecule has 0 aliphatic rings. The van der Waals surface area contributed by atoms with Gasteiger partial charge in [0.05, 0.1) is 25.5 Å². The lowest BCUT2D eigenvalue weighted by Gasteiger charge is -2.13. The first kappa shape index (κ1) is 13.7. The lowest BCUT2D eigenvalue weighted by molar-refractivity contribution is -0.140. The van der Waals surface area contributed by atoms with E-state index in [-0.39, 0.29) is 12.1 Å². The molecular weight excluding hydrogens is 290 g/mol. The largest absolute Gasteiger partial charge is 0.468 e. The molecule has 0 saturated carbocycles. The maximum Gasteiger partial charge on any atom is 0.321 e. The number of carbonyl (C=O) groups excluding carboxylic acids is 1. The highest BCUT2D eigenvalue weighted by molar-refractivity contribution is 9.10. The summed E-state index contributed by atoms with van der Waals surface area (Å²) in [5.74, 6) is -0.435. The first-order valence-electron chi connectivity index (χ1n) is 4.92. The van der Waals surface area contributed by atoms with E-state index in [0.717, 1.165) is 5.69 Å². The van der Waals surface area contributed by atoms with Gasteiger partial charge in [-0.05, 0) is 0 Å². The number of aromatic nitrogens is 2. The molecule has 0 bridgehead atoms. The lowest BCUT2D eigenvalue weighted by atomic mass is 10.4. The molecule has 6 nitrogen and oxygen atoms in total. The Hall–Kier alpha value is -1.37. The van der Waals surface area contributed by atoms with Crippen LogP contribution in [-0.2, 0) is 16.1 Å². The normalized spacial score (nSPS) is 12.0. The van der Waals surface area contributed by atoms with E-state index in [1.54, 1.807) is 11.1 Å². The quantitative estimate of drug-likeness (QED) is 0.589. The van der Waals surface area contributed by atoms with Crippen LogP contribution in [0.5, 0.6) is 0 Å². The summed E-state index contributed by atoms with van der Waals surface area (Å²) in [4.78, 5) is 24.1. The molecule has 0 aliphatic carbocycles. The van der Waals surface area contributed by atoms with Crippen molar-refractivity contribution in [3.63, 3.8) is 0 Å². The highest BCUT2D eigenvalue weighted by atomic mass is 79.9. The van der Waals surface area contributed by atoms with Crippen LogP contribution in [0, 0.1) is 0 Å². The maximum atomic E-state index is 11.7. The molecule has 0 radical (unpaired) electrons. The Labute approximate surface area is 107 Å². The van der Waals surface area contributed by atoms with Crippen LogP contribution < -0.4 is 10.5 Å². The average Bonchev–Trinajstić information content (AvgIpc) is 2.30. The molecule has 0 aromatic carbocycles. The van der Waals surface area contributed by atoms with Crippen molar-refractivity contribution in [2.45, 2.75) is 11.4 Å². The number of esters is 1. The molecule has 17 heavy (non-hydrogen) atoms. The number of hydrogen-bond donors (Lipinski definition) is 0. The van der Waals surface area contributed by atoms with Gasteiger partial charge in [0.25, 0.3) is 5.56 Å². The van der Waals surface area contributed by atoms with E-state index in [0.29, 0.717) is 0 Å². The van der Waals surface area contributed by atoms with Crippen LogP contribution in [0.2, 0.25) is 0 Å². The zero-order valence-electron chi connectivity index (χ0n) is 9.88. The molecule has 0 fully saturated rings. The van der Waals surface area contributed by atoms with E-state index in [2.05, 4.69) is 25.8 Å². The molecule has 1 aromatic heterocycles. The van der Waals surface area contributed by atoms with E-state index in [9.17, 15) is 9.59 Å². The van der Waals surface area contributed by atoms with Crippen molar-refractivity contribution >= 4 is 27.6 Å². The number of nitrogens with zero attached hydrogens (tertiary/aromatic N) is 3. The zero-order chi connectivity index (χ0) is 13.0. The Bertz CT molecular complexity index is 458. The summed E-state index contributed by atoms with van der Waals surface area (Å²) in [6, 6.07) is 1.46. The number of rotatable bonds is 4. The number of alkyl halides is 1. The molecule has 1 unspecified atom stereocenters. The molecule has 1 rings (SSSR count). The van der Waals surface area contributed by atoms with Gasteiger partial charge in [0.2, 0.25) is 0 Å². The molecule has 7 heteroatoms. The van der Waals surface area contributed by atoms with Gasteiger partial charge >= 0.3 is 5.97 Å². The average molecular weight is 304 g/mol. The predicted molar refractivity (Wildman–Crippen MR) is 67.6 cm³/mol. The summed E-state index contributed by atoms with van der Waals surface area (Å²) in [6.07, 6.45) is 1.57. The Balaban J connectivity index is 2.87. The van der Waals surface area contributed by atoms with Gasteiger partial charge in [-0.1, -0.05) is 15.9 Å². The smallest absolute Gasteiger partial charge is 0.321 e. The molecule has 0 saturated heterocycles. The highest BCUT2D eigenvalue weighted by Gasteiger charge is 2.17. The summed E-state index contributed by atoms with van der Waals surface area (Å²) in [6.45, 7) is 0.138. The number of anilines is 1. The second-order valence-corrected chi connectivity index (χ2v) is 4.72. The number of ether oxygens (including phenoxy) is 1. The van der Waals surface area contributed by atoms with E-state index < -0.39 is 10.8 Å². The Morgan fingerprint density at radius 3 is 2.76 bits per heavy atom. The zero-order valence-corrected chi connectivity index (χ0v) is 11.5. The van der Waals surface area contributed by atoms with Gasteiger partial charge in [-0.2, -0.15) is 5.10 Å². The summed E-state index contributed by atoms with van der Waals surface area (Å²) in [5.41, 5.74) is 0.458. The van der Waals surface area contributed by atoms with Crippen molar-refractivity contribution in [2.24, 2.45) is 0 Å². The third-order valence-electron chi connectivity index (χ3n) is 2.16. The van der Waals surface area contributed by atoms with E-state index in [1.807, 2.05) is 14.1 Å². The van der Waals surface area contributed by atoms with Gasteiger partial charge < -0.3 is 9.64 Å². The van der Waals surface area contributed by atoms with Crippen LogP contribution in [0.15, 0.2) is 17.1 Å². The molecule has 94 valence electrons. The van der Waals surface area contributed by atoms with Crippen molar-refractivity contribution in [3.05, 3.63) is 22.6 Å². The standard InChI is InChI=1S/C10H14BrN3O3/c1-13(2)7-4-9(15)14(12-5-7)6-8(11)10(16)17-3/h4-5,8H,6H2,1-3H3. The fourth-order valence-electron chi connectivity index (χ4n) is 1.16. The van der Waals surface area contributed by atoms with Crippen LogP contribution in [0.1, 0.15) is 0 Å². The minimum Gasteiger partial charge on any atom is -0.468 e. The van der Waals surface area contributed by atoms with Crippen molar-refractivity contribution in [1.82, 2.24) is 9.78 Å². The summed E-state index contributed by atoms with van der Waals surface area (Å²) in [5, 5.41) is 3.98. The van der Waals surface area contributed by atoms with Gasteiger partial charge in [0.15, 0.2) is 0 Å². The van der Waals surface area contributed by atoms with Crippen LogP contribution in [0.3, 0.4) is 0 Å². The number of carbonyl (C=O) groups is 1. The molecule has 1 atom stereocenters. The number of hydrogen-bond acceptors (Lipinski definition) is 5. The lowest BCUT2D eigenvalue weighted by Crippen LogP contribution is -2.30. The number of halogens is 1. The molecule has 0 N–H and O–H groups in total. The summed E-state index contributed by atoms with van der Waals surface area (Å²) in [7, 11) is 4.94. The van der Waals surface area contributed by atoms with Crippen LogP contribution >= 0.6 is 15.9 Å². The third kappa shape index (κ3) is 3.55.